The van der Waals surface area contributed by atoms with E-state index >= 15 is 0 Å². The number of hydrogen-bond acceptors (Lipinski definition) is 3. The normalized spacial score (nSPS) is 10.6. The Labute approximate surface area is 162 Å². The molecule has 0 unspecified atom stereocenters. The van der Waals surface area contributed by atoms with Crippen LogP contribution in [0.5, 0.6) is 11.5 Å². The Kier molecular flexibility index (Phi) is 8.63. The van der Waals surface area contributed by atoms with Crippen LogP contribution in [0.2, 0.25) is 5.02 Å². The molecule has 0 spiro atoms. The molecular weight excluding hydrogens is 346 g/mol. The molecule has 0 atom stereocenters. The third kappa shape index (κ3) is 6.80. The Balaban J connectivity index is 1.73. The molecule has 1 N–H and O–H groups in total. The Morgan fingerprint density at radius 2 is 1.62 bits per heavy atom. The van der Waals surface area contributed by atoms with Crippen molar-refractivity contribution in [3.63, 3.8) is 0 Å². The molecule has 0 fully saturated rings. The van der Waals surface area contributed by atoms with Crippen molar-refractivity contribution in [3.8, 4) is 11.5 Å². The van der Waals surface area contributed by atoms with Gasteiger partial charge in [-0.25, -0.2) is 0 Å². The molecule has 0 aliphatic heterocycles. The first-order valence-corrected chi connectivity index (χ1v) is 9.84. The van der Waals surface area contributed by atoms with Crippen LogP contribution in [-0.4, -0.2) is 19.8 Å². The monoisotopic (exact) mass is 375 g/mol. The van der Waals surface area contributed by atoms with Gasteiger partial charge in [0, 0.05) is 23.3 Å². The van der Waals surface area contributed by atoms with Crippen molar-refractivity contribution in [1.29, 1.82) is 0 Å². The van der Waals surface area contributed by atoms with E-state index in [1.54, 1.807) is 0 Å². The standard InChI is InChI=1S/C22H30ClNO2/c1-4-5-6-7-12-25-20-10-8-9-19(16-20)24-11-13-26-21-14-17(2)22(23)18(3)15-21/h8-10,14-16,24H,4-7,11-13H2,1-3H3. The summed E-state index contributed by atoms with van der Waals surface area (Å²) in [7, 11) is 0. The molecule has 0 saturated heterocycles. The summed E-state index contributed by atoms with van der Waals surface area (Å²) < 4.78 is 11.6. The van der Waals surface area contributed by atoms with Crippen LogP contribution in [0, 0.1) is 13.8 Å². The Bertz CT molecular complexity index is 665. The molecule has 142 valence electrons. The first-order chi connectivity index (χ1) is 12.6. The summed E-state index contributed by atoms with van der Waals surface area (Å²) in [5, 5.41) is 4.18. The minimum atomic E-state index is 0.586. The lowest BCUT2D eigenvalue weighted by Crippen LogP contribution is -2.11. The third-order valence-electron chi connectivity index (χ3n) is 4.21. The average molecular weight is 376 g/mol. The number of hydrogen-bond donors (Lipinski definition) is 1. The lowest BCUT2D eigenvalue weighted by molar-refractivity contribution is 0.305. The van der Waals surface area contributed by atoms with Gasteiger partial charge >= 0.3 is 0 Å². The van der Waals surface area contributed by atoms with Crippen molar-refractivity contribution in [2.75, 3.05) is 25.1 Å². The van der Waals surface area contributed by atoms with Crippen LogP contribution in [0.15, 0.2) is 36.4 Å². The first kappa shape index (κ1) is 20.4. The van der Waals surface area contributed by atoms with Gasteiger partial charge in [0.15, 0.2) is 0 Å². The Morgan fingerprint density at radius 3 is 2.35 bits per heavy atom. The molecule has 0 aliphatic carbocycles. The fourth-order valence-corrected chi connectivity index (χ4v) is 2.88. The summed E-state index contributed by atoms with van der Waals surface area (Å²) >= 11 is 6.19. The van der Waals surface area contributed by atoms with E-state index in [1.807, 2.05) is 50.2 Å². The molecular formula is C22H30ClNO2. The largest absolute Gasteiger partial charge is 0.494 e. The number of nitrogens with one attached hydrogen (secondary N) is 1. The lowest BCUT2D eigenvalue weighted by Gasteiger charge is -2.12. The maximum atomic E-state index is 6.19. The number of aryl methyl sites for hydroxylation is 2. The van der Waals surface area contributed by atoms with Gasteiger partial charge in [0.2, 0.25) is 0 Å². The predicted molar refractivity (Wildman–Crippen MR) is 111 cm³/mol. The fourth-order valence-electron chi connectivity index (χ4n) is 2.77. The maximum absolute atomic E-state index is 6.19. The van der Waals surface area contributed by atoms with Gasteiger partial charge in [-0.05, 0) is 55.7 Å². The summed E-state index contributed by atoms with van der Waals surface area (Å²) in [6, 6.07) is 12.0. The quantitative estimate of drug-likeness (QED) is 0.460. The van der Waals surface area contributed by atoms with E-state index < -0.39 is 0 Å². The van der Waals surface area contributed by atoms with Crippen LogP contribution < -0.4 is 14.8 Å². The number of benzene rings is 2. The molecule has 0 bridgehead atoms. The van der Waals surface area contributed by atoms with E-state index in [4.69, 9.17) is 21.1 Å². The van der Waals surface area contributed by atoms with Crippen molar-refractivity contribution in [2.45, 2.75) is 46.5 Å². The van der Waals surface area contributed by atoms with Crippen molar-refractivity contribution < 1.29 is 9.47 Å². The molecule has 2 rings (SSSR count). The highest BCUT2D eigenvalue weighted by Gasteiger charge is 2.03. The van der Waals surface area contributed by atoms with E-state index in [-0.39, 0.29) is 0 Å². The second kappa shape index (κ2) is 11.0. The highest BCUT2D eigenvalue weighted by molar-refractivity contribution is 6.32. The third-order valence-corrected chi connectivity index (χ3v) is 4.81. The zero-order valence-corrected chi connectivity index (χ0v) is 16.9. The molecule has 0 heterocycles. The number of ether oxygens (including phenoxy) is 2. The number of unbranched alkanes of at least 4 members (excludes halogenated alkanes) is 3. The second-order valence-electron chi connectivity index (χ2n) is 6.58. The summed E-state index contributed by atoms with van der Waals surface area (Å²) in [6.45, 7) is 8.29. The molecule has 4 heteroatoms. The van der Waals surface area contributed by atoms with Gasteiger partial charge < -0.3 is 14.8 Å². The van der Waals surface area contributed by atoms with Gasteiger partial charge in [-0.1, -0.05) is 43.9 Å². The molecule has 0 amide bonds. The van der Waals surface area contributed by atoms with Gasteiger partial charge in [-0.2, -0.15) is 0 Å². The van der Waals surface area contributed by atoms with E-state index in [9.17, 15) is 0 Å². The van der Waals surface area contributed by atoms with Crippen LogP contribution in [0.4, 0.5) is 5.69 Å². The van der Waals surface area contributed by atoms with E-state index in [2.05, 4.69) is 12.2 Å². The minimum absolute atomic E-state index is 0.586. The van der Waals surface area contributed by atoms with E-state index in [0.29, 0.717) is 6.61 Å². The van der Waals surface area contributed by atoms with Crippen LogP contribution in [0.1, 0.15) is 43.7 Å². The smallest absolute Gasteiger partial charge is 0.121 e. The fraction of sp³-hybridized carbons (Fsp3) is 0.455. The van der Waals surface area contributed by atoms with Gasteiger partial charge in [0.25, 0.3) is 0 Å². The van der Waals surface area contributed by atoms with Crippen LogP contribution in [0.25, 0.3) is 0 Å². The molecule has 0 radical (unpaired) electrons. The summed E-state index contributed by atoms with van der Waals surface area (Å²) in [5.41, 5.74) is 3.12. The number of rotatable bonds is 11. The van der Waals surface area contributed by atoms with Gasteiger partial charge in [0.05, 0.1) is 6.61 Å². The summed E-state index contributed by atoms with van der Waals surface area (Å²) in [5.74, 6) is 1.77. The molecule has 26 heavy (non-hydrogen) atoms. The van der Waals surface area contributed by atoms with Crippen LogP contribution in [-0.2, 0) is 0 Å². The van der Waals surface area contributed by atoms with E-state index in [0.717, 1.165) is 52.9 Å². The maximum Gasteiger partial charge on any atom is 0.121 e. The van der Waals surface area contributed by atoms with Gasteiger partial charge in [-0.15, -0.1) is 0 Å². The Hall–Kier alpha value is -1.87. The van der Waals surface area contributed by atoms with Crippen molar-refractivity contribution in [3.05, 3.63) is 52.5 Å². The molecule has 2 aromatic rings. The summed E-state index contributed by atoms with van der Waals surface area (Å²) in [6.07, 6.45) is 4.86. The summed E-state index contributed by atoms with van der Waals surface area (Å²) in [4.78, 5) is 0. The highest BCUT2D eigenvalue weighted by atomic mass is 35.5. The van der Waals surface area contributed by atoms with E-state index in [1.165, 1.54) is 19.3 Å². The highest BCUT2D eigenvalue weighted by Crippen LogP contribution is 2.25. The molecule has 3 nitrogen and oxygen atoms in total. The number of halogens is 1. The SMILES string of the molecule is CCCCCCOc1cccc(NCCOc2cc(C)c(Cl)c(C)c2)c1. The first-order valence-electron chi connectivity index (χ1n) is 9.46. The number of anilines is 1. The van der Waals surface area contributed by atoms with Gasteiger partial charge in [-0.3, -0.25) is 0 Å². The van der Waals surface area contributed by atoms with Crippen molar-refractivity contribution in [1.82, 2.24) is 0 Å². The van der Waals surface area contributed by atoms with Crippen molar-refractivity contribution in [2.24, 2.45) is 0 Å². The molecule has 0 aromatic heterocycles. The predicted octanol–water partition coefficient (Wildman–Crippen LogP) is 6.41. The zero-order chi connectivity index (χ0) is 18.8. The van der Waals surface area contributed by atoms with Crippen LogP contribution in [0.3, 0.4) is 0 Å². The van der Waals surface area contributed by atoms with Gasteiger partial charge in [0.1, 0.15) is 18.1 Å². The second-order valence-corrected chi connectivity index (χ2v) is 6.96. The molecule has 0 aliphatic rings. The topological polar surface area (TPSA) is 30.5 Å². The zero-order valence-electron chi connectivity index (χ0n) is 16.1. The minimum Gasteiger partial charge on any atom is -0.494 e. The lowest BCUT2D eigenvalue weighted by atomic mass is 10.1. The van der Waals surface area contributed by atoms with Crippen LogP contribution >= 0.6 is 11.6 Å². The average Bonchev–Trinajstić information content (AvgIpc) is 2.63. The molecule has 2 aromatic carbocycles. The molecule has 0 saturated carbocycles. The Morgan fingerprint density at radius 1 is 0.885 bits per heavy atom. The van der Waals surface area contributed by atoms with Crippen molar-refractivity contribution >= 4 is 17.3 Å².